The molecule has 0 spiro atoms. The van der Waals surface area contributed by atoms with Gasteiger partial charge in [-0.15, -0.1) is 11.3 Å². The lowest BCUT2D eigenvalue weighted by Gasteiger charge is -2.11. The van der Waals surface area contributed by atoms with Crippen LogP contribution in [-0.4, -0.2) is 9.97 Å². The highest BCUT2D eigenvalue weighted by atomic mass is 35.5. The van der Waals surface area contributed by atoms with E-state index in [9.17, 15) is 0 Å². The smallest absolute Gasteiger partial charge is 0.143 e. The van der Waals surface area contributed by atoms with Gasteiger partial charge in [-0.3, -0.25) is 0 Å². The van der Waals surface area contributed by atoms with E-state index in [-0.39, 0.29) is 0 Å². The van der Waals surface area contributed by atoms with Gasteiger partial charge in [0.05, 0.1) is 16.1 Å². The number of fused-ring (bicyclic) bond motifs is 1. The molecule has 4 aromatic rings. The number of anilines is 2. The van der Waals surface area contributed by atoms with E-state index in [0.717, 1.165) is 32.8 Å². The van der Waals surface area contributed by atoms with Crippen molar-refractivity contribution in [2.24, 2.45) is 0 Å². The van der Waals surface area contributed by atoms with Crippen molar-refractivity contribution in [1.82, 2.24) is 9.97 Å². The van der Waals surface area contributed by atoms with Crippen molar-refractivity contribution in [3.63, 3.8) is 0 Å². The first kappa shape index (κ1) is 17.3. The first-order valence-electron chi connectivity index (χ1n) is 8.05. The Labute approximate surface area is 165 Å². The topological polar surface area (TPSA) is 37.8 Å². The fourth-order valence-corrected chi connectivity index (χ4v) is 4.18. The Morgan fingerprint density at radius 1 is 0.962 bits per heavy atom. The van der Waals surface area contributed by atoms with Gasteiger partial charge in [-0.25, -0.2) is 9.97 Å². The van der Waals surface area contributed by atoms with E-state index < -0.39 is 0 Å². The SMILES string of the molecule is Cc1ccc(-c2csc3ncnc(Nc4ccc(Cl)cc4Cl)c23)cc1C. The zero-order valence-corrected chi connectivity index (χ0v) is 16.5. The van der Waals surface area contributed by atoms with E-state index in [1.54, 1.807) is 29.8 Å². The van der Waals surface area contributed by atoms with Crippen LogP contribution in [0.15, 0.2) is 48.1 Å². The third-order valence-corrected chi connectivity index (χ3v) is 5.81. The molecule has 0 aliphatic rings. The van der Waals surface area contributed by atoms with Gasteiger partial charge in [0.2, 0.25) is 0 Å². The molecular formula is C20H15Cl2N3S. The van der Waals surface area contributed by atoms with Gasteiger partial charge in [-0.2, -0.15) is 0 Å². The Morgan fingerprint density at radius 3 is 2.58 bits per heavy atom. The second-order valence-corrected chi connectivity index (χ2v) is 7.80. The van der Waals surface area contributed by atoms with Crippen molar-refractivity contribution < 1.29 is 0 Å². The highest BCUT2D eigenvalue weighted by Gasteiger charge is 2.14. The molecule has 0 aliphatic carbocycles. The number of rotatable bonds is 3. The van der Waals surface area contributed by atoms with Gasteiger partial charge in [0.1, 0.15) is 17.0 Å². The van der Waals surface area contributed by atoms with Crippen molar-refractivity contribution in [2.45, 2.75) is 13.8 Å². The molecule has 1 N–H and O–H groups in total. The Kier molecular flexibility index (Phi) is 4.57. The lowest BCUT2D eigenvalue weighted by molar-refractivity contribution is 1.23. The van der Waals surface area contributed by atoms with Gasteiger partial charge < -0.3 is 5.32 Å². The van der Waals surface area contributed by atoms with Crippen LogP contribution < -0.4 is 5.32 Å². The van der Waals surface area contributed by atoms with Crippen LogP contribution in [0.3, 0.4) is 0 Å². The van der Waals surface area contributed by atoms with Gasteiger partial charge in [0.25, 0.3) is 0 Å². The molecule has 2 aromatic heterocycles. The average molecular weight is 400 g/mol. The fraction of sp³-hybridized carbons (Fsp3) is 0.100. The number of nitrogens with one attached hydrogen (secondary N) is 1. The number of aryl methyl sites for hydroxylation is 2. The van der Waals surface area contributed by atoms with Crippen molar-refractivity contribution in [1.29, 1.82) is 0 Å². The molecule has 0 saturated carbocycles. The quantitative estimate of drug-likeness (QED) is 0.401. The van der Waals surface area contributed by atoms with Crippen LogP contribution in [0.25, 0.3) is 21.3 Å². The van der Waals surface area contributed by atoms with Crippen LogP contribution in [0.5, 0.6) is 0 Å². The van der Waals surface area contributed by atoms with Gasteiger partial charge >= 0.3 is 0 Å². The van der Waals surface area contributed by atoms with Crippen LogP contribution >= 0.6 is 34.5 Å². The molecule has 3 nitrogen and oxygen atoms in total. The summed E-state index contributed by atoms with van der Waals surface area (Å²) in [5, 5.41) is 7.59. The molecule has 26 heavy (non-hydrogen) atoms. The molecule has 2 heterocycles. The van der Waals surface area contributed by atoms with Crippen LogP contribution in [-0.2, 0) is 0 Å². The van der Waals surface area contributed by atoms with E-state index in [1.165, 1.54) is 11.1 Å². The van der Waals surface area contributed by atoms with Gasteiger partial charge in [0, 0.05) is 16.0 Å². The maximum Gasteiger partial charge on any atom is 0.143 e. The number of nitrogens with zero attached hydrogens (tertiary/aromatic N) is 2. The summed E-state index contributed by atoms with van der Waals surface area (Å²) in [5.41, 5.74) is 5.55. The minimum Gasteiger partial charge on any atom is -0.338 e. The van der Waals surface area contributed by atoms with E-state index >= 15 is 0 Å². The Balaban J connectivity index is 1.85. The number of aromatic nitrogens is 2. The summed E-state index contributed by atoms with van der Waals surface area (Å²) in [6.45, 7) is 4.24. The molecule has 0 saturated heterocycles. The maximum absolute atomic E-state index is 6.31. The molecule has 0 unspecified atom stereocenters. The molecule has 0 aliphatic heterocycles. The second-order valence-electron chi connectivity index (χ2n) is 6.10. The second kappa shape index (κ2) is 6.88. The Morgan fingerprint density at radius 2 is 1.81 bits per heavy atom. The Hall–Kier alpha value is -2.14. The Bertz CT molecular complexity index is 1120. The number of hydrogen-bond donors (Lipinski definition) is 1. The van der Waals surface area contributed by atoms with Crippen molar-refractivity contribution in [2.75, 3.05) is 5.32 Å². The van der Waals surface area contributed by atoms with Crippen molar-refractivity contribution in [3.8, 4) is 11.1 Å². The highest BCUT2D eigenvalue weighted by molar-refractivity contribution is 7.17. The van der Waals surface area contributed by atoms with Crippen LogP contribution in [0.4, 0.5) is 11.5 Å². The monoisotopic (exact) mass is 399 g/mol. The molecule has 0 bridgehead atoms. The predicted octanol–water partition coefficient (Wildman–Crippen LogP) is 7.03. The normalized spacial score (nSPS) is 11.1. The average Bonchev–Trinajstić information content (AvgIpc) is 3.05. The lowest BCUT2D eigenvalue weighted by atomic mass is 10.0. The van der Waals surface area contributed by atoms with Crippen molar-refractivity contribution in [3.05, 3.63) is 69.3 Å². The standard InChI is InChI=1S/C20H15Cl2N3S/c1-11-3-4-13(7-12(11)2)15-9-26-20-18(15)19(23-10-24-20)25-17-6-5-14(21)8-16(17)22/h3-10H,1-2H3,(H,23,24,25). The van der Waals surface area contributed by atoms with Crippen LogP contribution in [0.2, 0.25) is 10.0 Å². The summed E-state index contributed by atoms with van der Waals surface area (Å²) in [7, 11) is 0. The number of hydrogen-bond acceptors (Lipinski definition) is 4. The third-order valence-electron chi connectivity index (χ3n) is 4.37. The van der Waals surface area contributed by atoms with Gasteiger partial charge in [-0.1, -0.05) is 41.4 Å². The molecule has 0 radical (unpaired) electrons. The predicted molar refractivity (Wildman–Crippen MR) is 112 cm³/mol. The molecule has 0 atom stereocenters. The van der Waals surface area contributed by atoms with E-state index in [2.05, 4.69) is 52.7 Å². The first-order valence-corrected chi connectivity index (χ1v) is 9.68. The van der Waals surface area contributed by atoms with E-state index in [1.807, 2.05) is 6.07 Å². The molecule has 6 heteroatoms. The molecule has 130 valence electrons. The lowest BCUT2D eigenvalue weighted by Crippen LogP contribution is -1.96. The molecule has 2 aromatic carbocycles. The minimum atomic E-state index is 0.548. The maximum atomic E-state index is 6.31. The largest absolute Gasteiger partial charge is 0.338 e. The van der Waals surface area contributed by atoms with Gasteiger partial charge in [0.15, 0.2) is 0 Å². The number of benzene rings is 2. The minimum absolute atomic E-state index is 0.548. The molecule has 0 amide bonds. The van der Waals surface area contributed by atoms with Gasteiger partial charge in [-0.05, 0) is 48.7 Å². The third kappa shape index (κ3) is 3.16. The summed E-state index contributed by atoms with van der Waals surface area (Å²) >= 11 is 13.9. The van der Waals surface area contributed by atoms with E-state index in [0.29, 0.717) is 10.0 Å². The fourth-order valence-electron chi connectivity index (χ4n) is 2.81. The summed E-state index contributed by atoms with van der Waals surface area (Å²) in [4.78, 5) is 9.81. The van der Waals surface area contributed by atoms with E-state index in [4.69, 9.17) is 23.2 Å². The van der Waals surface area contributed by atoms with Crippen molar-refractivity contribution >= 4 is 56.3 Å². The summed E-state index contributed by atoms with van der Waals surface area (Å²) < 4.78 is 0. The molecule has 0 fully saturated rings. The summed E-state index contributed by atoms with van der Waals surface area (Å²) in [6, 6.07) is 11.8. The first-order chi connectivity index (χ1) is 12.5. The number of thiophene rings is 1. The molecular weight excluding hydrogens is 385 g/mol. The highest BCUT2D eigenvalue weighted by Crippen LogP contribution is 2.39. The summed E-state index contributed by atoms with van der Waals surface area (Å²) in [6.07, 6.45) is 1.56. The van der Waals surface area contributed by atoms with Crippen LogP contribution in [0, 0.1) is 13.8 Å². The number of halogens is 2. The summed E-state index contributed by atoms with van der Waals surface area (Å²) in [5.74, 6) is 0.730. The van der Waals surface area contributed by atoms with Crippen LogP contribution in [0.1, 0.15) is 11.1 Å². The zero-order chi connectivity index (χ0) is 18.3. The zero-order valence-electron chi connectivity index (χ0n) is 14.2. The molecule has 4 rings (SSSR count).